The maximum absolute atomic E-state index is 11.8. The van der Waals surface area contributed by atoms with E-state index in [9.17, 15) is 4.79 Å². The van der Waals surface area contributed by atoms with Crippen LogP contribution < -0.4 is 4.90 Å². The molecule has 0 atom stereocenters. The Morgan fingerprint density at radius 2 is 2.08 bits per heavy atom. The van der Waals surface area contributed by atoms with Crippen LogP contribution in [0.15, 0.2) is 17.1 Å². The molecule has 6 nitrogen and oxygen atoms in total. The minimum Gasteiger partial charge on any atom is -0.465 e. The molecule has 6 heteroatoms. The molecule has 0 saturated heterocycles. The van der Waals surface area contributed by atoms with E-state index < -0.39 is 0 Å². The third-order valence-electron chi connectivity index (χ3n) is 4.01. The molecular formula is C19H28N4O2. The summed E-state index contributed by atoms with van der Waals surface area (Å²) in [6, 6.07) is 0. The van der Waals surface area contributed by atoms with Gasteiger partial charge in [0.15, 0.2) is 5.82 Å². The van der Waals surface area contributed by atoms with Crippen LogP contribution in [0.5, 0.6) is 0 Å². The van der Waals surface area contributed by atoms with Crippen molar-refractivity contribution in [2.75, 3.05) is 31.6 Å². The van der Waals surface area contributed by atoms with Gasteiger partial charge in [0, 0.05) is 24.8 Å². The number of hydrogen-bond donors (Lipinski definition) is 0. The lowest BCUT2D eigenvalue weighted by atomic mass is 10.2. The van der Waals surface area contributed by atoms with Crippen LogP contribution in [0, 0.1) is 0 Å². The Balaban J connectivity index is 2.39. The van der Waals surface area contributed by atoms with Crippen molar-refractivity contribution >= 4 is 17.5 Å². The summed E-state index contributed by atoms with van der Waals surface area (Å²) in [5.74, 6) is 1.21. The van der Waals surface area contributed by atoms with Gasteiger partial charge in [-0.05, 0) is 45.6 Å². The lowest BCUT2D eigenvalue weighted by Crippen LogP contribution is -2.29. The van der Waals surface area contributed by atoms with Crippen molar-refractivity contribution in [3.8, 4) is 0 Å². The maximum atomic E-state index is 11.8. The highest BCUT2D eigenvalue weighted by Crippen LogP contribution is 2.28. The molecule has 0 aromatic carbocycles. The number of carbonyl (C=O) groups excluding carboxylic acids is 1. The third kappa shape index (κ3) is 4.87. The second-order valence-electron chi connectivity index (χ2n) is 5.98. The van der Waals surface area contributed by atoms with Crippen LogP contribution in [0.2, 0.25) is 0 Å². The summed E-state index contributed by atoms with van der Waals surface area (Å²) in [6.45, 7) is 7.14. The number of aromatic nitrogens is 2. The summed E-state index contributed by atoms with van der Waals surface area (Å²) >= 11 is 0. The van der Waals surface area contributed by atoms with Crippen LogP contribution in [0.3, 0.4) is 0 Å². The summed E-state index contributed by atoms with van der Waals surface area (Å²) in [7, 11) is 1.88. The third-order valence-corrected chi connectivity index (χ3v) is 4.01. The number of aliphatic imine (C=N–C) groups is 1. The molecule has 0 aliphatic heterocycles. The lowest BCUT2D eigenvalue weighted by Gasteiger charge is -2.20. The molecule has 0 radical (unpaired) electrons. The van der Waals surface area contributed by atoms with Crippen LogP contribution in [0.1, 0.15) is 50.7 Å². The quantitative estimate of drug-likeness (QED) is 0.536. The number of allylic oxidation sites excluding steroid dienone is 2. The first-order chi connectivity index (χ1) is 12.1. The number of likely N-dealkylation sites (N-methyl/N-ethyl adjacent to an activating group) is 1. The Kier molecular flexibility index (Phi) is 7.10. The molecule has 136 valence electrons. The second-order valence-corrected chi connectivity index (χ2v) is 5.98. The monoisotopic (exact) mass is 344 g/mol. The summed E-state index contributed by atoms with van der Waals surface area (Å²) in [6.07, 6.45) is 7.94. The van der Waals surface area contributed by atoms with E-state index in [1.54, 1.807) is 0 Å². The predicted molar refractivity (Wildman–Crippen MR) is 100 cm³/mol. The first-order valence-corrected chi connectivity index (χ1v) is 9.08. The van der Waals surface area contributed by atoms with E-state index in [1.165, 1.54) is 0 Å². The number of hydrogen-bond acceptors (Lipinski definition) is 6. The van der Waals surface area contributed by atoms with Crippen LogP contribution in [-0.4, -0.2) is 48.4 Å². The van der Waals surface area contributed by atoms with Gasteiger partial charge in [0.25, 0.3) is 0 Å². The van der Waals surface area contributed by atoms with Gasteiger partial charge in [-0.3, -0.25) is 9.79 Å². The first kappa shape index (κ1) is 19.1. The smallest absolute Gasteiger partial charge is 0.325 e. The van der Waals surface area contributed by atoms with Crippen LogP contribution >= 0.6 is 0 Å². The number of rotatable bonds is 8. The standard InChI is InChI=1S/C19H28N4O2/c1-5-8-11-16(20-6-2)18-21-15-12-9-10-14(15)19(22-18)23(4)13-17(24)25-7-3/h8,11H,5-7,9-10,12-13H2,1-4H3/b11-8-,20-16?. The molecule has 25 heavy (non-hydrogen) atoms. The molecule has 0 spiro atoms. The zero-order valence-electron chi connectivity index (χ0n) is 15.7. The zero-order valence-corrected chi connectivity index (χ0v) is 15.7. The Morgan fingerprint density at radius 3 is 2.76 bits per heavy atom. The fraction of sp³-hybridized carbons (Fsp3) is 0.579. The Hall–Kier alpha value is -2.24. The van der Waals surface area contributed by atoms with E-state index in [0.717, 1.165) is 48.5 Å². The van der Waals surface area contributed by atoms with Gasteiger partial charge < -0.3 is 9.64 Å². The fourth-order valence-electron chi connectivity index (χ4n) is 2.92. The highest BCUT2D eigenvalue weighted by Gasteiger charge is 2.23. The molecule has 1 aromatic rings. The van der Waals surface area contributed by atoms with Crippen molar-refractivity contribution in [3.63, 3.8) is 0 Å². The highest BCUT2D eigenvalue weighted by atomic mass is 16.5. The number of aryl methyl sites for hydroxylation is 1. The molecule has 1 aliphatic rings. The Bertz CT molecular complexity index is 668. The van der Waals surface area contributed by atoms with Crippen molar-refractivity contribution in [1.82, 2.24) is 9.97 Å². The molecule has 1 aromatic heterocycles. The summed E-state index contributed by atoms with van der Waals surface area (Å²) < 4.78 is 5.06. The van der Waals surface area contributed by atoms with E-state index in [4.69, 9.17) is 14.7 Å². The number of fused-ring (bicyclic) bond motifs is 1. The molecule has 2 rings (SSSR count). The number of carbonyl (C=O) groups is 1. The average Bonchev–Trinajstić information content (AvgIpc) is 3.06. The van der Waals surface area contributed by atoms with Crippen LogP contribution in [-0.2, 0) is 22.4 Å². The number of esters is 1. The van der Waals surface area contributed by atoms with E-state index in [2.05, 4.69) is 18.0 Å². The van der Waals surface area contributed by atoms with Gasteiger partial charge in [-0.2, -0.15) is 0 Å². The molecule has 1 heterocycles. The first-order valence-electron chi connectivity index (χ1n) is 9.08. The largest absolute Gasteiger partial charge is 0.465 e. The van der Waals surface area contributed by atoms with Gasteiger partial charge in [-0.15, -0.1) is 0 Å². The van der Waals surface area contributed by atoms with E-state index in [-0.39, 0.29) is 12.5 Å². The number of nitrogens with zero attached hydrogens (tertiary/aromatic N) is 4. The van der Waals surface area contributed by atoms with Crippen LogP contribution in [0.25, 0.3) is 0 Å². The summed E-state index contributed by atoms with van der Waals surface area (Å²) in [5.41, 5.74) is 3.01. The molecular weight excluding hydrogens is 316 g/mol. The van der Waals surface area contributed by atoms with Gasteiger partial charge >= 0.3 is 5.97 Å². The second kappa shape index (κ2) is 9.30. The van der Waals surface area contributed by atoms with Crippen LogP contribution in [0.4, 0.5) is 5.82 Å². The number of ether oxygens (including phenoxy) is 1. The average molecular weight is 344 g/mol. The predicted octanol–water partition coefficient (Wildman–Crippen LogP) is 2.74. The molecule has 0 unspecified atom stereocenters. The van der Waals surface area contributed by atoms with Crippen molar-refractivity contribution in [1.29, 1.82) is 0 Å². The van der Waals surface area contributed by atoms with E-state index >= 15 is 0 Å². The van der Waals surface area contributed by atoms with Gasteiger partial charge in [-0.25, -0.2) is 9.97 Å². The maximum Gasteiger partial charge on any atom is 0.325 e. The topological polar surface area (TPSA) is 67.7 Å². The lowest BCUT2D eigenvalue weighted by molar-refractivity contribution is -0.141. The van der Waals surface area contributed by atoms with E-state index in [0.29, 0.717) is 19.0 Å². The molecule has 0 bridgehead atoms. The van der Waals surface area contributed by atoms with Crippen molar-refractivity contribution in [2.45, 2.75) is 46.5 Å². The van der Waals surface area contributed by atoms with Gasteiger partial charge in [0.05, 0.1) is 6.61 Å². The minimum absolute atomic E-state index is 0.182. The van der Waals surface area contributed by atoms with Gasteiger partial charge in [0.2, 0.25) is 0 Å². The molecule has 0 fully saturated rings. The number of anilines is 1. The zero-order chi connectivity index (χ0) is 18.2. The molecule has 1 aliphatic carbocycles. The van der Waals surface area contributed by atoms with Crippen molar-refractivity contribution < 1.29 is 9.53 Å². The summed E-state index contributed by atoms with van der Waals surface area (Å²) in [4.78, 5) is 27.8. The SMILES string of the molecule is CC/C=C\C(=NCC)c1nc2c(c(N(C)CC(=O)OCC)n1)CCC2. The molecule has 0 amide bonds. The highest BCUT2D eigenvalue weighted by molar-refractivity contribution is 6.06. The normalized spacial score (nSPS) is 14.0. The fourth-order valence-corrected chi connectivity index (χ4v) is 2.92. The minimum atomic E-state index is -0.245. The summed E-state index contributed by atoms with van der Waals surface area (Å²) in [5, 5.41) is 0. The molecule has 0 N–H and O–H groups in total. The van der Waals surface area contributed by atoms with Crippen molar-refractivity contribution in [3.05, 3.63) is 29.2 Å². The van der Waals surface area contributed by atoms with Crippen molar-refractivity contribution in [2.24, 2.45) is 4.99 Å². The Morgan fingerprint density at radius 1 is 1.28 bits per heavy atom. The Labute approximate surface area is 150 Å². The van der Waals surface area contributed by atoms with Gasteiger partial charge in [0.1, 0.15) is 18.1 Å². The van der Waals surface area contributed by atoms with E-state index in [1.807, 2.05) is 31.9 Å². The van der Waals surface area contributed by atoms with Gasteiger partial charge in [-0.1, -0.05) is 13.0 Å². The molecule has 0 saturated carbocycles.